The van der Waals surface area contributed by atoms with E-state index >= 15 is 0 Å². The van der Waals surface area contributed by atoms with Crippen LogP contribution in [0.2, 0.25) is 0 Å². The van der Waals surface area contributed by atoms with Crippen molar-refractivity contribution >= 4 is 5.97 Å². The summed E-state index contributed by atoms with van der Waals surface area (Å²) in [5.41, 5.74) is 0. The molecule has 0 aromatic rings. The fourth-order valence-corrected chi connectivity index (χ4v) is 7.12. The number of aliphatic hydroxyl groups is 4. The lowest BCUT2D eigenvalue weighted by Crippen LogP contribution is -2.59. The molecule has 0 radical (unpaired) electrons. The van der Waals surface area contributed by atoms with Crippen LogP contribution in [0.25, 0.3) is 0 Å². The Hall–Kier alpha value is -2.11. The van der Waals surface area contributed by atoms with Crippen LogP contribution in [0.5, 0.6) is 0 Å². The van der Waals surface area contributed by atoms with E-state index in [1.165, 1.54) is 103 Å². The second-order valence-electron chi connectivity index (χ2n) is 16.5. The highest BCUT2D eigenvalue weighted by atomic mass is 16.7. The van der Waals surface area contributed by atoms with Crippen LogP contribution >= 0.6 is 0 Å². The SMILES string of the molecule is CC/C=C\C/C=C\C/C=C\C/C=C\CCCCCCCCCCCCCOCC(COC1OC(CO)C(O)C(O)C1O)OC(=O)CCCCCCC/C=C\CCCCCC. The van der Waals surface area contributed by atoms with Crippen molar-refractivity contribution in [3.8, 4) is 0 Å². The van der Waals surface area contributed by atoms with Gasteiger partial charge >= 0.3 is 5.97 Å². The number of hydrogen-bond donors (Lipinski definition) is 4. The maximum Gasteiger partial charge on any atom is 0.306 e. The Morgan fingerprint density at radius 1 is 0.550 bits per heavy atom. The minimum Gasteiger partial charge on any atom is -0.457 e. The van der Waals surface area contributed by atoms with Gasteiger partial charge in [-0.1, -0.05) is 171 Å². The Morgan fingerprint density at radius 2 is 1.02 bits per heavy atom. The average molecular weight is 847 g/mol. The molecule has 0 aromatic heterocycles. The van der Waals surface area contributed by atoms with Crippen LogP contribution in [0.15, 0.2) is 60.8 Å². The van der Waals surface area contributed by atoms with Crippen LogP contribution in [0.1, 0.15) is 194 Å². The maximum atomic E-state index is 12.8. The quantitative estimate of drug-likeness (QED) is 0.0269. The first-order valence-electron chi connectivity index (χ1n) is 24.4. The molecule has 0 bridgehead atoms. The first-order valence-corrected chi connectivity index (χ1v) is 24.4. The molecule has 1 aliphatic rings. The van der Waals surface area contributed by atoms with Crippen molar-refractivity contribution in [2.45, 2.75) is 230 Å². The van der Waals surface area contributed by atoms with Crippen molar-refractivity contribution in [1.82, 2.24) is 0 Å². The lowest BCUT2D eigenvalue weighted by molar-refractivity contribution is -0.305. The van der Waals surface area contributed by atoms with E-state index in [0.29, 0.717) is 13.0 Å². The summed E-state index contributed by atoms with van der Waals surface area (Å²) in [5.74, 6) is -0.325. The van der Waals surface area contributed by atoms with Crippen LogP contribution in [-0.4, -0.2) is 89.6 Å². The molecule has 0 saturated carbocycles. The summed E-state index contributed by atoms with van der Waals surface area (Å²) in [4.78, 5) is 12.8. The van der Waals surface area contributed by atoms with E-state index in [2.05, 4.69) is 74.6 Å². The van der Waals surface area contributed by atoms with Gasteiger partial charge in [0.1, 0.15) is 30.5 Å². The van der Waals surface area contributed by atoms with Gasteiger partial charge in [0.2, 0.25) is 0 Å². The molecular formula is C51H90O9. The van der Waals surface area contributed by atoms with E-state index in [4.69, 9.17) is 18.9 Å². The summed E-state index contributed by atoms with van der Waals surface area (Å²) >= 11 is 0. The van der Waals surface area contributed by atoms with E-state index in [-0.39, 0.29) is 19.2 Å². The van der Waals surface area contributed by atoms with Crippen molar-refractivity contribution < 1.29 is 44.2 Å². The topological polar surface area (TPSA) is 135 Å². The Balaban J connectivity index is 2.19. The standard InChI is InChI=1S/C51H90O9/c1-3-5-7-9-11-13-15-17-18-19-20-21-22-23-24-25-26-27-29-31-33-35-37-39-41-57-43-45(44-58-51-50(56)49(55)48(54)46(42-52)60-51)59-47(53)40-38-36-34-32-30-28-16-14-12-10-8-6-4-2/h5,7,11,13-14,16-18,20-21,45-46,48-52,54-56H,3-4,6,8-10,12,15,19,22-44H2,1-2H3/b7-5-,13-11-,16-14-,18-17-,21-20-. The largest absolute Gasteiger partial charge is 0.457 e. The molecule has 1 heterocycles. The van der Waals surface area contributed by atoms with Gasteiger partial charge in [-0.2, -0.15) is 0 Å². The van der Waals surface area contributed by atoms with E-state index in [9.17, 15) is 25.2 Å². The summed E-state index contributed by atoms with van der Waals surface area (Å²) in [6, 6.07) is 0. The molecular weight excluding hydrogens is 757 g/mol. The van der Waals surface area contributed by atoms with Gasteiger partial charge in [0.25, 0.3) is 0 Å². The third-order valence-corrected chi connectivity index (χ3v) is 10.9. The minimum atomic E-state index is -1.54. The number of allylic oxidation sites excluding steroid dienone is 10. The molecule has 9 nitrogen and oxygen atoms in total. The smallest absolute Gasteiger partial charge is 0.306 e. The summed E-state index contributed by atoms with van der Waals surface area (Å²) in [6.45, 7) is 4.41. The number of aliphatic hydroxyl groups excluding tert-OH is 4. The Labute approximate surface area is 366 Å². The van der Waals surface area contributed by atoms with Gasteiger partial charge in [-0.15, -0.1) is 0 Å². The van der Waals surface area contributed by atoms with Crippen LogP contribution in [0.4, 0.5) is 0 Å². The Morgan fingerprint density at radius 3 is 1.55 bits per heavy atom. The normalized spacial score (nSPS) is 20.5. The third kappa shape index (κ3) is 32.6. The maximum absolute atomic E-state index is 12.8. The number of carbonyl (C=O) groups is 1. The highest BCUT2D eigenvalue weighted by molar-refractivity contribution is 5.69. The van der Waals surface area contributed by atoms with E-state index < -0.39 is 43.4 Å². The highest BCUT2D eigenvalue weighted by Crippen LogP contribution is 2.22. The monoisotopic (exact) mass is 847 g/mol. The molecule has 1 aliphatic heterocycles. The first kappa shape index (κ1) is 55.9. The molecule has 6 atom stereocenters. The molecule has 348 valence electrons. The predicted molar refractivity (Wildman–Crippen MR) is 247 cm³/mol. The van der Waals surface area contributed by atoms with E-state index in [1.54, 1.807) is 0 Å². The third-order valence-electron chi connectivity index (χ3n) is 10.9. The minimum absolute atomic E-state index is 0.119. The summed E-state index contributed by atoms with van der Waals surface area (Å²) in [5, 5.41) is 40.2. The highest BCUT2D eigenvalue weighted by Gasteiger charge is 2.44. The lowest BCUT2D eigenvalue weighted by atomic mass is 9.99. The predicted octanol–water partition coefficient (Wildman–Crippen LogP) is 11.5. The number of rotatable bonds is 41. The van der Waals surface area contributed by atoms with Crippen molar-refractivity contribution in [2.75, 3.05) is 26.4 Å². The molecule has 60 heavy (non-hydrogen) atoms. The second-order valence-corrected chi connectivity index (χ2v) is 16.5. The summed E-state index contributed by atoms with van der Waals surface area (Å²) in [7, 11) is 0. The van der Waals surface area contributed by atoms with Gasteiger partial charge in [0.05, 0.1) is 19.8 Å². The average Bonchev–Trinajstić information content (AvgIpc) is 3.25. The second kappa shape index (κ2) is 42.2. The summed E-state index contributed by atoms with van der Waals surface area (Å²) < 4.78 is 22.8. The zero-order valence-electron chi connectivity index (χ0n) is 38.2. The van der Waals surface area contributed by atoms with Gasteiger partial charge in [-0.05, 0) is 77.0 Å². The van der Waals surface area contributed by atoms with Gasteiger partial charge in [0.15, 0.2) is 6.29 Å². The fourth-order valence-electron chi connectivity index (χ4n) is 7.12. The van der Waals surface area contributed by atoms with Crippen LogP contribution in [0, 0.1) is 0 Å². The molecule has 1 rings (SSSR count). The van der Waals surface area contributed by atoms with Crippen LogP contribution < -0.4 is 0 Å². The molecule has 0 spiro atoms. The lowest BCUT2D eigenvalue weighted by Gasteiger charge is -2.39. The van der Waals surface area contributed by atoms with Gasteiger partial charge < -0.3 is 39.4 Å². The zero-order chi connectivity index (χ0) is 43.6. The Bertz CT molecular complexity index is 1100. The van der Waals surface area contributed by atoms with Crippen LogP contribution in [0.3, 0.4) is 0 Å². The number of unbranched alkanes of at least 4 members (excludes halogenated alkanes) is 20. The van der Waals surface area contributed by atoms with Crippen molar-refractivity contribution in [1.29, 1.82) is 0 Å². The first-order chi connectivity index (χ1) is 29.4. The van der Waals surface area contributed by atoms with Gasteiger partial charge in [-0.25, -0.2) is 0 Å². The molecule has 1 saturated heterocycles. The molecule has 4 N–H and O–H groups in total. The number of hydrogen-bond acceptors (Lipinski definition) is 9. The summed E-state index contributed by atoms with van der Waals surface area (Å²) in [6.07, 6.45) is 46.8. The molecule has 0 aromatic carbocycles. The molecule has 0 aliphatic carbocycles. The number of ether oxygens (including phenoxy) is 4. The molecule has 1 fully saturated rings. The van der Waals surface area contributed by atoms with Crippen molar-refractivity contribution in [2.24, 2.45) is 0 Å². The van der Waals surface area contributed by atoms with Crippen LogP contribution in [-0.2, 0) is 23.7 Å². The van der Waals surface area contributed by atoms with Crippen molar-refractivity contribution in [3.05, 3.63) is 60.8 Å². The van der Waals surface area contributed by atoms with Gasteiger partial charge in [-0.3, -0.25) is 4.79 Å². The van der Waals surface area contributed by atoms with E-state index in [0.717, 1.165) is 70.6 Å². The molecule has 6 unspecified atom stereocenters. The number of carbonyl (C=O) groups excluding carboxylic acids is 1. The number of esters is 1. The molecule has 9 heteroatoms. The van der Waals surface area contributed by atoms with Crippen molar-refractivity contribution in [3.63, 3.8) is 0 Å². The van der Waals surface area contributed by atoms with E-state index in [1.807, 2.05) is 0 Å². The van der Waals surface area contributed by atoms with Gasteiger partial charge in [0, 0.05) is 13.0 Å². The fraction of sp³-hybridized carbons (Fsp3) is 0.784. The Kier molecular flexibility index (Phi) is 39.3. The molecule has 0 amide bonds. The zero-order valence-corrected chi connectivity index (χ0v) is 38.2.